The summed E-state index contributed by atoms with van der Waals surface area (Å²) in [7, 11) is 3.62. The Morgan fingerprint density at radius 2 is 2.20 bits per heavy atom. The smallest absolute Gasteiger partial charge is 0.191 e. The summed E-state index contributed by atoms with van der Waals surface area (Å²) in [4.78, 5) is 4.18. The molecule has 0 saturated carbocycles. The monoisotopic (exact) mass is 461 g/mol. The molecule has 6 nitrogen and oxygen atoms in total. The van der Waals surface area contributed by atoms with Gasteiger partial charge in [0.1, 0.15) is 17.7 Å². The molecule has 2 rings (SSSR count). The molecule has 2 N–H and O–H groups in total. The average molecular weight is 461 g/mol. The third-order valence-electron chi connectivity index (χ3n) is 3.38. The number of ether oxygens (including phenoxy) is 1. The highest BCUT2D eigenvalue weighted by Crippen LogP contribution is 2.13. The Bertz CT molecular complexity index is 677. The normalized spacial score (nSPS) is 12.2. The van der Waals surface area contributed by atoms with E-state index in [9.17, 15) is 4.39 Å². The zero-order valence-electron chi connectivity index (χ0n) is 14.7. The Hall–Kier alpha value is -1.84. The quantitative estimate of drug-likeness (QED) is 0.378. The number of nitrogens with zero attached hydrogens (tertiary/aromatic N) is 3. The van der Waals surface area contributed by atoms with Gasteiger partial charge in [-0.05, 0) is 31.0 Å². The Kier molecular flexibility index (Phi) is 9.25. The fraction of sp³-hybridized carbons (Fsp3) is 0.412. The molecule has 0 fully saturated rings. The van der Waals surface area contributed by atoms with Gasteiger partial charge in [0.05, 0.1) is 12.7 Å². The van der Waals surface area contributed by atoms with Crippen LogP contribution in [0.3, 0.4) is 0 Å². The first kappa shape index (κ1) is 21.2. The van der Waals surface area contributed by atoms with Crippen molar-refractivity contribution in [3.05, 3.63) is 48.0 Å². The van der Waals surface area contributed by atoms with Crippen LogP contribution in [0.1, 0.15) is 12.5 Å². The zero-order chi connectivity index (χ0) is 17.4. The molecule has 0 amide bonds. The molecule has 0 aliphatic rings. The summed E-state index contributed by atoms with van der Waals surface area (Å²) in [5.41, 5.74) is 1.17. The minimum absolute atomic E-state index is 0. The maximum Gasteiger partial charge on any atom is 0.191 e. The molecule has 1 aromatic heterocycles. The topological polar surface area (TPSA) is 63.5 Å². The van der Waals surface area contributed by atoms with Crippen molar-refractivity contribution in [3.63, 3.8) is 0 Å². The number of aryl methyl sites for hydroxylation is 1. The molecule has 1 aromatic carbocycles. The molecule has 0 saturated heterocycles. The van der Waals surface area contributed by atoms with Crippen molar-refractivity contribution < 1.29 is 9.13 Å². The molecular formula is C17H25FIN5O. The van der Waals surface area contributed by atoms with Crippen LogP contribution in [0.2, 0.25) is 0 Å². The Balaban J connectivity index is 0.00000312. The second-order valence-electron chi connectivity index (χ2n) is 5.54. The van der Waals surface area contributed by atoms with E-state index in [0.717, 1.165) is 13.0 Å². The minimum atomic E-state index is -0.305. The van der Waals surface area contributed by atoms with Crippen molar-refractivity contribution in [1.29, 1.82) is 0 Å². The summed E-state index contributed by atoms with van der Waals surface area (Å²) in [6.07, 6.45) is 4.59. The molecular weight excluding hydrogens is 436 g/mol. The molecule has 0 radical (unpaired) electrons. The average Bonchev–Trinajstić information content (AvgIpc) is 2.96. The number of hydrogen-bond donors (Lipinski definition) is 2. The molecule has 0 aliphatic carbocycles. The lowest BCUT2D eigenvalue weighted by Gasteiger charge is -2.17. The summed E-state index contributed by atoms with van der Waals surface area (Å²) in [6, 6.07) is 6.13. The van der Waals surface area contributed by atoms with E-state index >= 15 is 0 Å². The van der Waals surface area contributed by atoms with Gasteiger partial charge in [0.2, 0.25) is 0 Å². The van der Waals surface area contributed by atoms with Crippen LogP contribution >= 0.6 is 24.0 Å². The van der Waals surface area contributed by atoms with Gasteiger partial charge >= 0.3 is 0 Å². The Labute approximate surface area is 164 Å². The molecule has 0 spiro atoms. The lowest BCUT2D eigenvalue weighted by Crippen LogP contribution is -2.42. The van der Waals surface area contributed by atoms with Crippen molar-refractivity contribution in [2.24, 2.45) is 12.0 Å². The van der Waals surface area contributed by atoms with Gasteiger partial charge in [-0.15, -0.1) is 24.0 Å². The third kappa shape index (κ3) is 7.72. The number of hydrogen-bond acceptors (Lipinski definition) is 3. The summed E-state index contributed by atoms with van der Waals surface area (Å²) in [5, 5.41) is 10.6. The van der Waals surface area contributed by atoms with Crippen LogP contribution in [0.25, 0.3) is 0 Å². The highest BCUT2D eigenvalue weighted by Gasteiger charge is 2.06. The van der Waals surface area contributed by atoms with Gasteiger partial charge in [-0.1, -0.05) is 6.07 Å². The molecule has 8 heteroatoms. The summed E-state index contributed by atoms with van der Waals surface area (Å²) >= 11 is 0. The number of halogens is 2. The van der Waals surface area contributed by atoms with Crippen molar-refractivity contribution in [1.82, 2.24) is 20.4 Å². The molecule has 1 atom stereocenters. The van der Waals surface area contributed by atoms with Crippen LogP contribution in [0.4, 0.5) is 4.39 Å². The van der Waals surface area contributed by atoms with Crippen molar-refractivity contribution >= 4 is 29.9 Å². The summed E-state index contributed by atoms with van der Waals surface area (Å²) in [6.45, 7) is 3.23. The number of nitrogens with one attached hydrogen (secondary N) is 2. The van der Waals surface area contributed by atoms with E-state index in [1.165, 1.54) is 17.7 Å². The van der Waals surface area contributed by atoms with Gasteiger partial charge in [-0.25, -0.2) is 4.39 Å². The van der Waals surface area contributed by atoms with E-state index in [1.807, 2.05) is 26.4 Å². The zero-order valence-corrected chi connectivity index (χ0v) is 17.0. The Morgan fingerprint density at radius 3 is 2.84 bits per heavy atom. The lowest BCUT2D eigenvalue weighted by molar-refractivity contribution is 0.223. The number of aromatic nitrogens is 2. The fourth-order valence-electron chi connectivity index (χ4n) is 2.20. The SMILES string of the molecule is CN=C(NCCc1cnn(C)c1)NCC(C)Oc1cccc(F)c1.I. The number of aliphatic imine (C=N–C) groups is 1. The largest absolute Gasteiger partial charge is 0.489 e. The second-order valence-corrected chi connectivity index (χ2v) is 5.54. The van der Waals surface area contributed by atoms with Gasteiger partial charge in [0.25, 0.3) is 0 Å². The molecule has 25 heavy (non-hydrogen) atoms. The van der Waals surface area contributed by atoms with Crippen LogP contribution in [0.15, 0.2) is 41.7 Å². The van der Waals surface area contributed by atoms with Crippen molar-refractivity contribution in [2.45, 2.75) is 19.4 Å². The van der Waals surface area contributed by atoms with Gasteiger partial charge in [-0.3, -0.25) is 9.67 Å². The maximum atomic E-state index is 13.1. The number of guanidine groups is 1. The van der Waals surface area contributed by atoms with Crippen LogP contribution in [-0.4, -0.2) is 42.0 Å². The minimum Gasteiger partial charge on any atom is -0.489 e. The standard InChI is InChI=1S/C17H24FN5O.HI/c1-13(24-16-6-4-5-15(18)9-16)10-21-17(19-2)20-8-7-14-11-22-23(3)12-14;/h4-6,9,11-13H,7-8,10H2,1-3H3,(H2,19,20,21);1H. The highest BCUT2D eigenvalue weighted by molar-refractivity contribution is 14.0. The van der Waals surface area contributed by atoms with Crippen LogP contribution in [0.5, 0.6) is 5.75 Å². The van der Waals surface area contributed by atoms with Gasteiger partial charge in [-0.2, -0.15) is 5.10 Å². The van der Waals surface area contributed by atoms with Gasteiger partial charge < -0.3 is 15.4 Å². The van der Waals surface area contributed by atoms with Crippen molar-refractivity contribution in [2.75, 3.05) is 20.1 Å². The van der Waals surface area contributed by atoms with E-state index in [1.54, 1.807) is 23.9 Å². The van der Waals surface area contributed by atoms with E-state index in [2.05, 4.69) is 20.7 Å². The van der Waals surface area contributed by atoms with Crippen LogP contribution in [0, 0.1) is 5.82 Å². The molecule has 0 bridgehead atoms. The third-order valence-corrected chi connectivity index (χ3v) is 3.38. The van der Waals surface area contributed by atoms with Crippen LogP contribution < -0.4 is 15.4 Å². The predicted molar refractivity (Wildman–Crippen MR) is 108 cm³/mol. The van der Waals surface area contributed by atoms with Crippen molar-refractivity contribution in [3.8, 4) is 5.75 Å². The molecule has 2 aromatic rings. The molecule has 1 unspecified atom stereocenters. The van der Waals surface area contributed by atoms with E-state index < -0.39 is 0 Å². The van der Waals surface area contributed by atoms with Crippen LogP contribution in [-0.2, 0) is 13.5 Å². The second kappa shape index (κ2) is 10.9. The lowest BCUT2D eigenvalue weighted by atomic mass is 10.2. The first-order valence-corrected chi connectivity index (χ1v) is 7.91. The van der Waals surface area contributed by atoms with E-state index in [4.69, 9.17) is 4.74 Å². The predicted octanol–water partition coefficient (Wildman–Crippen LogP) is 2.35. The maximum absolute atomic E-state index is 13.1. The van der Waals surface area contributed by atoms with E-state index in [0.29, 0.717) is 18.3 Å². The summed E-state index contributed by atoms with van der Waals surface area (Å²) in [5.74, 6) is 0.915. The molecule has 1 heterocycles. The number of benzene rings is 1. The first-order chi connectivity index (χ1) is 11.6. The fourth-order valence-corrected chi connectivity index (χ4v) is 2.20. The van der Waals surface area contributed by atoms with Gasteiger partial charge in [0.15, 0.2) is 5.96 Å². The highest BCUT2D eigenvalue weighted by atomic mass is 127. The summed E-state index contributed by atoms with van der Waals surface area (Å²) < 4.78 is 20.6. The van der Waals surface area contributed by atoms with Gasteiger partial charge in [0, 0.05) is 32.9 Å². The number of rotatable bonds is 7. The molecule has 0 aliphatic heterocycles. The molecule has 138 valence electrons. The first-order valence-electron chi connectivity index (χ1n) is 7.91. The van der Waals surface area contributed by atoms with E-state index in [-0.39, 0.29) is 35.9 Å². The Morgan fingerprint density at radius 1 is 1.40 bits per heavy atom.